The van der Waals surface area contributed by atoms with Gasteiger partial charge in [0.1, 0.15) is 0 Å². The zero-order valence-electron chi connectivity index (χ0n) is 10.1. The summed E-state index contributed by atoms with van der Waals surface area (Å²) >= 11 is 12.1. The summed E-state index contributed by atoms with van der Waals surface area (Å²) in [7, 11) is 0. The Kier molecular flexibility index (Phi) is 3.78. The molecule has 1 N–H and O–H groups in total. The average molecular weight is 301 g/mol. The van der Waals surface area contributed by atoms with Crippen molar-refractivity contribution >= 4 is 29.2 Å². The number of aromatic carboxylic acids is 1. The molecule has 2 rings (SSSR count). The Morgan fingerprint density at radius 2 is 2.05 bits per heavy atom. The van der Waals surface area contributed by atoms with Crippen LogP contribution in [0.4, 0.5) is 0 Å². The number of hydrogen-bond acceptors (Lipinski definition) is 4. The van der Waals surface area contributed by atoms with Gasteiger partial charge in [-0.25, -0.2) is 4.79 Å². The molecule has 0 fully saturated rings. The van der Waals surface area contributed by atoms with Crippen LogP contribution >= 0.6 is 23.2 Å². The highest BCUT2D eigenvalue weighted by molar-refractivity contribution is 6.40. The summed E-state index contributed by atoms with van der Waals surface area (Å²) in [5.41, 5.74) is 0.174. The van der Waals surface area contributed by atoms with Gasteiger partial charge < -0.3 is 9.63 Å². The highest BCUT2D eigenvalue weighted by Crippen LogP contribution is 2.36. The maximum atomic E-state index is 11.0. The van der Waals surface area contributed by atoms with E-state index in [-0.39, 0.29) is 33.0 Å². The lowest BCUT2D eigenvalue weighted by Gasteiger charge is -2.05. The number of aromatic nitrogens is 2. The van der Waals surface area contributed by atoms with E-state index < -0.39 is 5.97 Å². The predicted molar refractivity (Wildman–Crippen MR) is 70.8 cm³/mol. The minimum Gasteiger partial charge on any atom is -0.478 e. The Labute approximate surface area is 119 Å². The Morgan fingerprint density at radius 1 is 1.37 bits per heavy atom. The fourth-order valence-electron chi connectivity index (χ4n) is 1.48. The van der Waals surface area contributed by atoms with Gasteiger partial charge in [-0.3, -0.25) is 0 Å². The van der Waals surface area contributed by atoms with E-state index in [2.05, 4.69) is 10.1 Å². The van der Waals surface area contributed by atoms with Crippen LogP contribution in [0.1, 0.15) is 35.9 Å². The number of carboxylic acid groups (broad SMARTS) is 1. The molecule has 0 unspecified atom stereocenters. The van der Waals surface area contributed by atoms with E-state index in [1.54, 1.807) is 0 Å². The maximum absolute atomic E-state index is 11.0. The smallest absolute Gasteiger partial charge is 0.337 e. The van der Waals surface area contributed by atoms with E-state index in [1.165, 1.54) is 12.1 Å². The fraction of sp³-hybridized carbons (Fsp3) is 0.250. The topological polar surface area (TPSA) is 76.2 Å². The molecule has 0 saturated heterocycles. The molecule has 5 nitrogen and oxygen atoms in total. The first kappa shape index (κ1) is 13.8. The molecule has 0 aliphatic carbocycles. The Hall–Kier alpha value is -1.59. The third-order valence-corrected chi connectivity index (χ3v) is 3.20. The SMILES string of the molecule is CC(C)c1noc(-c2c(Cl)ccc(C(=O)O)c2Cl)n1. The lowest BCUT2D eigenvalue weighted by molar-refractivity contribution is 0.0697. The number of carbonyl (C=O) groups is 1. The second-order valence-corrected chi connectivity index (χ2v) is 4.99. The number of halogens is 2. The van der Waals surface area contributed by atoms with Gasteiger partial charge in [0.05, 0.1) is 21.2 Å². The zero-order valence-corrected chi connectivity index (χ0v) is 11.7. The highest BCUT2D eigenvalue weighted by atomic mass is 35.5. The van der Waals surface area contributed by atoms with Gasteiger partial charge >= 0.3 is 5.97 Å². The van der Waals surface area contributed by atoms with Crippen molar-refractivity contribution in [3.05, 3.63) is 33.6 Å². The first-order valence-corrected chi connectivity index (χ1v) is 6.22. The van der Waals surface area contributed by atoms with Crippen LogP contribution in [0.15, 0.2) is 16.7 Å². The number of rotatable bonds is 3. The standard InChI is InChI=1S/C12H10Cl2N2O3/c1-5(2)10-15-11(19-16-10)8-7(13)4-3-6(9(8)14)12(17)18/h3-5H,1-2H3,(H,17,18). The quantitative estimate of drug-likeness (QED) is 0.931. The molecule has 1 aromatic heterocycles. The van der Waals surface area contributed by atoms with E-state index in [1.807, 2.05) is 13.8 Å². The van der Waals surface area contributed by atoms with Crippen LogP contribution in [-0.4, -0.2) is 21.2 Å². The molecule has 1 aromatic carbocycles. The van der Waals surface area contributed by atoms with Crippen LogP contribution in [0.2, 0.25) is 10.0 Å². The molecule has 2 aromatic rings. The summed E-state index contributed by atoms with van der Waals surface area (Å²) in [6.45, 7) is 3.82. The molecule has 7 heteroatoms. The molecule has 0 saturated carbocycles. The number of hydrogen-bond donors (Lipinski definition) is 1. The minimum absolute atomic E-state index is 0.0149. The lowest BCUT2D eigenvalue weighted by atomic mass is 10.1. The summed E-state index contributed by atoms with van der Waals surface area (Å²) < 4.78 is 5.09. The van der Waals surface area contributed by atoms with Crippen LogP contribution in [0.25, 0.3) is 11.5 Å². The van der Waals surface area contributed by atoms with Gasteiger partial charge in [0, 0.05) is 5.92 Å². The van der Waals surface area contributed by atoms with Gasteiger partial charge in [-0.15, -0.1) is 0 Å². The van der Waals surface area contributed by atoms with Crippen LogP contribution in [0, 0.1) is 0 Å². The molecule has 100 valence electrons. The second-order valence-electron chi connectivity index (χ2n) is 4.20. The molecule has 0 bridgehead atoms. The predicted octanol–water partition coefficient (Wildman–Crippen LogP) is 3.87. The normalized spacial score (nSPS) is 11.0. The van der Waals surface area contributed by atoms with E-state index in [4.69, 9.17) is 32.8 Å². The van der Waals surface area contributed by atoms with Crippen LogP contribution in [0.5, 0.6) is 0 Å². The van der Waals surface area contributed by atoms with E-state index in [0.29, 0.717) is 5.82 Å². The molecule has 1 heterocycles. The first-order chi connectivity index (χ1) is 8.91. The third kappa shape index (κ3) is 2.57. The van der Waals surface area contributed by atoms with E-state index in [9.17, 15) is 4.79 Å². The molecule has 0 amide bonds. The Bertz CT molecular complexity index is 638. The first-order valence-electron chi connectivity index (χ1n) is 5.47. The van der Waals surface area contributed by atoms with Crippen molar-refractivity contribution in [2.24, 2.45) is 0 Å². The summed E-state index contributed by atoms with van der Waals surface area (Å²) in [5.74, 6) is -0.450. The zero-order chi connectivity index (χ0) is 14.2. The molecule has 19 heavy (non-hydrogen) atoms. The van der Waals surface area contributed by atoms with Gasteiger partial charge in [-0.1, -0.05) is 42.2 Å². The van der Waals surface area contributed by atoms with Crippen molar-refractivity contribution in [1.82, 2.24) is 10.1 Å². The minimum atomic E-state index is -1.15. The Morgan fingerprint density at radius 3 is 2.58 bits per heavy atom. The van der Waals surface area contributed by atoms with Gasteiger partial charge in [0.2, 0.25) is 0 Å². The summed E-state index contributed by atoms with van der Waals surface area (Å²) in [6.07, 6.45) is 0. The number of benzene rings is 1. The van der Waals surface area contributed by atoms with Crippen molar-refractivity contribution in [2.75, 3.05) is 0 Å². The fourth-order valence-corrected chi connectivity index (χ4v) is 2.10. The van der Waals surface area contributed by atoms with Crippen molar-refractivity contribution in [3.63, 3.8) is 0 Å². The van der Waals surface area contributed by atoms with Crippen LogP contribution in [0.3, 0.4) is 0 Å². The highest BCUT2D eigenvalue weighted by Gasteiger charge is 2.21. The number of nitrogens with zero attached hydrogens (tertiary/aromatic N) is 2. The summed E-state index contributed by atoms with van der Waals surface area (Å²) in [5, 5.41) is 13.1. The molecular formula is C12H10Cl2N2O3. The van der Waals surface area contributed by atoms with E-state index >= 15 is 0 Å². The Balaban J connectivity index is 2.60. The van der Waals surface area contributed by atoms with Gasteiger partial charge in [0.15, 0.2) is 5.82 Å². The van der Waals surface area contributed by atoms with Crippen LogP contribution in [-0.2, 0) is 0 Å². The van der Waals surface area contributed by atoms with Crippen LogP contribution < -0.4 is 0 Å². The molecule has 0 aliphatic rings. The average Bonchev–Trinajstić information content (AvgIpc) is 2.78. The summed E-state index contributed by atoms with van der Waals surface area (Å²) in [6, 6.07) is 2.77. The molecule has 0 radical (unpaired) electrons. The maximum Gasteiger partial charge on any atom is 0.337 e. The molecule has 0 spiro atoms. The van der Waals surface area contributed by atoms with Gasteiger partial charge in [0.25, 0.3) is 5.89 Å². The van der Waals surface area contributed by atoms with Crippen molar-refractivity contribution in [2.45, 2.75) is 19.8 Å². The summed E-state index contributed by atoms with van der Waals surface area (Å²) in [4.78, 5) is 15.2. The second kappa shape index (κ2) is 5.19. The number of carboxylic acids is 1. The lowest BCUT2D eigenvalue weighted by Crippen LogP contribution is -1.99. The van der Waals surface area contributed by atoms with Gasteiger partial charge in [-0.2, -0.15) is 4.98 Å². The van der Waals surface area contributed by atoms with Gasteiger partial charge in [-0.05, 0) is 12.1 Å². The van der Waals surface area contributed by atoms with E-state index in [0.717, 1.165) is 0 Å². The molecular weight excluding hydrogens is 291 g/mol. The van der Waals surface area contributed by atoms with Crippen molar-refractivity contribution in [1.29, 1.82) is 0 Å². The monoisotopic (exact) mass is 300 g/mol. The van der Waals surface area contributed by atoms with Crippen molar-refractivity contribution in [3.8, 4) is 11.5 Å². The molecule has 0 atom stereocenters. The molecule has 0 aliphatic heterocycles. The largest absolute Gasteiger partial charge is 0.478 e. The van der Waals surface area contributed by atoms with Crippen molar-refractivity contribution < 1.29 is 14.4 Å². The third-order valence-electron chi connectivity index (χ3n) is 2.49.